The van der Waals surface area contributed by atoms with E-state index in [1.807, 2.05) is 28.1 Å². The molecule has 4 heteroatoms. The predicted octanol–water partition coefficient (Wildman–Crippen LogP) is 0.0970. The normalized spacial score (nSPS) is 14.2. The Balaban J connectivity index is 4.07. The minimum absolute atomic E-state index is 0.104. The van der Waals surface area contributed by atoms with Gasteiger partial charge in [0.25, 0.3) is 0 Å². The number of nitrogens with zero attached hydrogens (tertiary/aromatic N) is 1. The third-order valence-electron chi connectivity index (χ3n) is 1.63. The summed E-state index contributed by atoms with van der Waals surface area (Å²) in [5, 5.41) is 2.68. The van der Waals surface area contributed by atoms with Crippen LogP contribution < -0.4 is 11.1 Å². The van der Waals surface area contributed by atoms with Crippen molar-refractivity contribution in [2.24, 2.45) is 5.73 Å². The molecule has 11 heavy (non-hydrogen) atoms. The molecular weight excluding hydrogens is 142 g/mol. The van der Waals surface area contributed by atoms with Crippen molar-refractivity contribution in [1.29, 1.82) is 0 Å². The Morgan fingerprint density at radius 1 is 1.55 bits per heavy atom. The maximum atomic E-state index is 10.5. The third-order valence-corrected chi connectivity index (χ3v) is 1.63. The van der Waals surface area contributed by atoms with Crippen molar-refractivity contribution in [1.82, 2.24) is 5.32 Å². The van der Waals surface area contributed by atoms with E-state index in [0.29, 0.717) is 4.48 Å². The number of quaternary nitrogens is 1. The maximum absolute atomic E-state index is 10.5. The highest BCUT2D eigenvalue weighted by molar-refractivity contribution is 5.71. The monoisotopic (exact) mass is 160 g/mol. The molecule has 0 rings (SSSR count). The summed E-state index contributed by atoms with van der Waals surface area (Å²) in [5.41, 5.74) is 5.01. The number of hydrogen-bond acceptors (Lipinski definition) is 1. The van der Waals surface area contributed by atoms with E-state index in [-0.39, 0.29) is 6.17 Å². The number of primary amides is 1. The van der Waals surface area contributed by atoms with Crippen LogP contribution in [-0.2, 0) is 0 Å². The van der Waals surface area contributed by atoms with Gasteiger partial charge in [0.15, 0.2) is 6.17 Å². The molecular formula is C7H18N3O+. The number of urea groups is 1. The van der Waals surface area contributed by atoms with Gasteiger partial charge in [-0.15, -0.1) is 0 Å². The van der Waals surface area contributed by atoms with Crippen molar-refractivity contribution < 1.29 is 9.28 Å². The molecule has 66 valence electrons. The smallest absolute Gasteiger partial charge is 0.316 e. The summed E-state index contributed by atoms with van der Waals surface area (Å²) in [4.78, 5) is 10.5. The molecule has 0 saturated heterocycles. The Morgan fingerprint density at radius 3 is 2.09 bits per heavy atom. The standard InChI is InChI=1S/C7H17N3O/c1-5-6(9-7(8)11)10(2,3)4/h6H,5H2,1-4H3,(H2-,8,9,11)/p+1. The predicted molar refractivity (Wildman–Crippen MR) is 44.8 cm³/mol. The van der Waals surface area contributed by atoms with Crippen molar-refractivity contribution in [3.63, 3.8) is 0 Å². The van der Waals surface area contributed by atoms with Gasteiger partial charge in [-0.3, -0.25) is 5.32 Å². The molecule has 0 radical (unpaired) electrons. The highest BCUT2D eigenvalue weighted by Crippen LogP contribution is 2.02. The van der Waals surface area contributed by atoms with Crippen LogP contribution in [0.4, 0.5) is 4.79 Å². The van der Waals surface area contributed by atoms with Gasteiger partial charge in [0.2, 0.25) is 0 Å². The van der Waals surface area contributed by atoms with Gasteiger partial charge in [-0.1, -0.05) is 6.92 Å². The molecule has 2 amide bonds. The number of amides is 2. The second-order valence-electron chi connectivity index (χ2n) is 3.55. The number of nitrogens with two attached hydrogens (primary N) is 1. The Bertz CT molecular complexity index is 139. The Morgan fingerprint density at radius 2 is 2.00 bits per heavy atom. The van der Waals surface area contributed by atoms with Crippen LogP contribution in [0.1, 0.15) is 13.3 Å². The van der Waals surface area contributed by atoms with Gasteiger partial charge < -0.3 is 10.2 Å². The molecule has 4 nitrogen and oxygen atoms in total. The fraction of sp³-hybridized carbons (Fsp3) is 0.857. The van der Waals surface area contributed by atoms with E-state index in [1.54, 1.807) is 0 Å². The van der Waals surface area contributed by atoms with Crippen LogP contribution in [0.15, 0.2) is 0 Å². The fourth-order valence-corrected chi connectivity index (χ4v) is 1.01. The highest BCUT2D eigenvalue weighted by atomic mass is 16.2. The molecule has 1 atom stereocenters. The number of hydrogen-bond donors (Lipinski definition) is 2. The van der Waals surface area contributed by atoms with E-state index in [9.17, 15) is 4.79 Å². The lowest BCUT2D eigenvalue weighted by atomic mass is 10.3. The van der Waals surface area contributed by atoms with Gasteiger partial charge in [-0.2, -0.15) is 0 Å². The molecule has 0 aromatic carbocycles. The van der Waals surface area contributed by atoms with E-state index in [0.717, 1.165) is 6.42 Å². The Labute approximate surface area is 67.9 Å². The molecule has 0 aliphatic carbocycles. The average molecular weight is 160 g/mol. The van der Waals surface area contributed by atoms with Crippen LogP contribution in [0.3, 0.4) is 0 Å². The van der Waals surface area contributed by atoms with E-state index in [2.05, 4.69) is 5.32 Å². The van der Waals surface area contributed by atoms with Crippen LogP contribution in [-0.4, -0.2) is 37.8 Å². The van der Waals surface area contributed by atoms with Crippen molar-refractivity contribution >= 4 is 6.03 Å². The SMILES string of the molecule is CCC(NC(N)=O)[N+](C)(C)C. The van der Waals surface area contributed by atoms with E-state index in [1.165, 1.54) is 0 Å². The summed E-state index contributed by atoms with van der Waals surface area (Å²) in [6.07, 6.45) is 0.986. The molecule has 1 unspecified atom stereocenters. The van der Waals surface area contributed by atoms with E-state index in [4.69, 9.17) is 5.73 Å². The second kappa shape index (κ2) is 3.57. The summed E-state index contributed by atoms with van der Waals surface area (Å²) in [6.45, 7) is 2.02. The first-order chi connectivity index (χ1) is 4.88. The number of carbonyl (C=O) groups excluding carboxylic acids is 1. The minimum atomic E-state index is -0.454. The molecule has 0 aromatic rings. The zero-order valence-electron chi connectivity index (χ0n) is 7.72. The molecule has 0 aliphatic rings. The molecule has 0 aliphatic heterocycles. The fourth-order valence-electron chi connectivity index (χ4n) is 1.01. The summed E-state index contributed by atoms with van der Waals surface area (Å²) >= 11 is 0. The largest absolute Gasteiger partial charge is 0.352 e. The topological polar surface area (TPSA) is 55.1 Å². The Hall–Kier alpha value is -0.770. The lowest BCUT2D eigenvalue weighted by Gasteiger charge is -2.33. The van der Waals surface area contributed by atoms with Crippen LogP contribution in [0.25, 0.3) is 0 Å². The first kappa shape index (κ1) is 10.2. The number of carbonyl (C=O) groups is 1. The Kier molecular flexibility index (Phi) is 3.32. The van der Waals surface area contributed by atoms with E-state index < -0.39 is 6.03 Å². The molecule has 0 fully saturated rings. The van der Waals surface area contributed by atoms with Gasteiger partial charge >= 0.3 is 6.03 Å². The summed E-state index contributed by atoms with van der Waals surface area (Å²) in [6, 6.07) is -0.454. The third kappa shape index (κ3) is 3.83. The van der Waals surface area contributed by atoms with Gasteiger partial charge in [0.1, 0.15) is 0 Å². The van der Waals surface area contributed by atoms with Crippen molar-refractivity contribution in [3.05, 3.63) is 0 Å². The van der Waals surface area contributed by atoms with E-state index >= 15 is 0 Å². The highest BCUT2D eigenvalue weighted by Gasteiger charge is 2.21. The van der Waals surface area contributed by atoms with Crippen LogP contribution in [0.2, 0.25) is 0 Å². The summed E-state index contributed by atoms with van der Waals surface area (Å²) in [5.74, 6) is 0. The van der Waals surface area contributed by atoms with Crippen molar-refractivity contribution in [2.45, 2.75) is 19.5 Å². The van der Waals surface area contributed by atoms with Crippen molar-refractivity contribution in [3.8, 4) is 0 Å². The van der Waals surface area contributed by atoms with Crippen molar-refractivity contribution in [2.75, 3.05) is 21.1 Å². The first-order valence-corrected chi connectivity index (χ1v) is 3.75. The second-order valence-corrected chi connectivity index (χ2v) is 3.55. The number of rotatable bonds is 3. The summed E-state index contributed by atoms with van der Waals surface area (Å²) < 4.78 is 0.694. The number of nitrogens with one attached hydrogen (secondary N) is 1. The molecule has 0 bridgehead atoms. The van der Waals surface area contributed by atoms with Crippen LogP contribution >= 0.6 is 0 Å². The van der Waals surface area contributed by atoms with Gasteiger partial charge in [-0.25, -0.2) is 4.79 Å². The summed E-state index contributed by atoms with van der Waals surface area (Å²) in [7, 11) is 6.05. The van der Waals surface area contributed by atoms with Gasteiger partial charge in [0.05, 0.1) is 21.1 Å². The maximum Gasteiger partial charge on any atom is 0.316 e. The van der Waals surface area contributed by atoms with Gasteiger partial charge in [0, 0.05) is 6.42 Å². The van der Waals surface area contributed by atoms with Gasteiger partial charge in [-0.05, 0) is 0 Å². The first-order valence-electron chi connectivity index (χ1n) is 3.75. The lowest BCUT2D eigenvalue weighted by Crippen LogP contribution is -2.55. The quantitative estimate of drug-likeness (QED) is 0.446. The molecule has 0 spiro atoms. The average Bonchev–Trinajstić information content (AvgIpc) is 1.79. The van der Waals surface area contributed by atoms with Crippen LogP contribution in [0.5, 0.6) is 0 Å². The minimum Gasteiger partial charge on any atom is -0.352 e. The zero-order valence-corrected chi connectivity index (χ0v) is 7.72. The lowest BCUT2D eigenvalue weighted by molar-refractivity contribution is -0.898. The molecule has 0 aromatic heterocycles. The molecule has 0 heterocycles. The molecule has 0 saturated carbocycles. The zero-order chi connectivity index (χ0) is 9.07. The van der Waals surface area contributed by atoms with Crippen LogP contribution in [0, 0.1) is 0 Å². The molecule has 3 N–H and O–H groups in total.